The SMILES string of the molecule is CCCNC(=O)C(CC)N(Cc1ccc(OC)cc1)C(=O)CCCN(c1cc(C)cc(C)c1)S(C)(=O)=O. The van der Waals surface area contributed by atoms with Crippen LogP contribution in [-0.2, 0) is 26.2 Å². The second-order valence-corrected chi connectivity index (χ2v) is 11.3. The van der Waals surface area contributed by atoms with Crippen LogP contribution in [0.3, 0.4) is 0 Å². The molecule has 0 aliphatic rings. The molecular formula is C28H41N3O5S. The number of hydrogen-bond donors (Lipinski definition) is 1. The van der Waals surface area contributed by atoms with Gasteiger partial charge in [0.2, 0.25) is 21.8 Å². The van der Waals surface area contributed by atoms with Crippen molar-refractivity contribution in [2.75, 3.05) is 30.8 Å². The summed E-state index contributed by atoms with van der Waals surface area (Å²) in [6.45, 7) is 8.69. The zero-order valence-corrected chi connectivity index (χ0v) is 23.7. The fourth-order valence-corrected chi connectivity index (χ4v) is 5.26. The first-order chi connectivity index (χ1) is 17.5. The van der Waals surface area contributed by atoms with Crippen LogP contribution in [0.2, 0.25) is 0 Å². The van der Waals surface area contributed by atoms with E-state index >= 15 is 0 Å². The molecule has 37 heavy (non-hydrogen) atoms. The number of carbonyl (C=O) groups is 2. The van der Waals surface area contributed by atoms with Gasteiger partial charge in [0.05, 0.1) is 19.1 Å². The van der Waals surface area contributed by atoms with Crippen molar-refractivity contribution in [1.29, 1.82) is 0 Å². The van der Waals surface area contributed by atoms with Crippen molar-refractivity contribution in [2.45, 2.75) is 66.0 Å². The number of benzene rings is 2. The van der Waals surface area contributed by atoms with Gasteiger partial charge in [0, 0.05) is 26.1 Å². The Balaban J connectivity index is 2.23. The van der Waals surface area contributed by atoms with Crippen molar-refractivity contribution in [3.05, 3.63) is 59.2 Å². The molecule has 9 heteroatoms. The van der Waals surface area contributed by atoms with E-state index in [1.54, 1.807) is 12.0 Å². The van der Waals surface area contributed by atoms with E-state index in [0.717, 1.165) is 23.1 Å². The molecule has 0 heterocycles. The first-order valence-corrected chi connectivity index (χ1v) is 14.6. The molecule has 0 saturated heterocycles. The summed E-state index contributed by atoms with van der Waals surface area (Å²) in [7, 11) is -1.95. The van der Waals surface area contributed by atoms with E-state index in [-0.39, 0.29) is 31.3 Å². The second-order valence-electron chi connectivity index (χ2n) is 9.37. The largest absolute Gasteiger partial charge is 0.497 e. The van der Waals surface area contributed by atoms with Gasteiger partial charge in [-0.25, -0.2) is 8.42 Å². The lowest BCUT2D eigenvalue weighted by atomic mass is 10.1. The van der Waals surface area contributed by atoms with Crippen LogP contribution in [-0.4, -0.2) is 57.6 Å². The molecule has 2 amide bonds. The number of methoxy groups -OCH3 is 1. The highest BCUT2D eigenvalue weighted by Gasteiger charge is 2.28. The first-order valence-electron chi connectivity index (χ1n) is 12.8. The van der Waals surface area contributed by atoms with Gasteiger partial charge in [0.1, 0.15) is 11.8 Å². The van der Waals surface area contributed by atoms with E-state index in [9.17, 15) is 18.0 Å². The minimum absolute atomic E-state index is 0.116. The molecule has 0 saturated carbocycles. The summed E-state index contributed by atoms with van der Waals surface area (Å²) < 4.78 is 31.7. The molecule has 0 bridgehead atoms. The molecule has 2 aromatic carbocycles. The monoisotopic (exact) mass is 531 g/mol. The molecule has 2 rings (SSSR count). The summed E-state index contributed by atoms with van der Waals surface area (Å²) >= 11 is 0. The van der Waals surface area contributed by atoms with Gasteiger partial charge in [0.15, 0.2) is 0 Å². The molecule has 0 fully saturated rings. The lowest BCUT2D eigenvalue weighted by Crippen LogP contribution is -2.49. The van der Waals surface area contributed by atoms with Gasteiger partial charge in [-0.3, -0.25) is 13.9 Å². The molecule has 8 nitrogen and oxygen atoms in total. The predicted octanol–water partition coefficient (Wildman–Crippen LogP) is 4.19. The van der Waals surface area contributed by atoms with E-state index in [1.807, 2.05) is 70.2 Å². The quantitative estimate of drug-likeness (QED) is 0.394. The molecular weight excluding hydrogens is 490 g/mol. The zero-order valence-electron chi connectivity index (χ0n) is 22.9. The van der Waals surface area contributed by atoms with Gasteiger partial charge < -0.3 is 15.0 Å². The number of aryl methyl sites for hydroxylation is 2. The Kier molecular flexibility index (Phi) is 11.4. The van der Waals surface area contributed by atoms with Crippen molar-refractivity contribution in [3.63, 3.8) is 0 Å². The van der Waals surface area contributed by atoms with Crippen LogP contribution in [0.25, 0.3) is 0 Å². The van der Waals surface area contributed by atoms with E-state index < -0.39 is 16.1 Å². The summed E-state index contributed by atoms with van der Waals surface area (Å²) in [6, 6.07) is 12.4. The highest BCUT2D eigenvalue weighted by molar-refractivity contribution is 7.92. The number of nitrogens with zero attached hydrogens (tertiary/aromatic N) is 2. The molecule has 1 N–H and O–H groups in total. The Morgan fingerprint density at radius 2 is 1.65 bits per heavy atom. The van der Waals surface area contributed by atoms with Gasteiger partial charge in [-0.05, 0) is 74.1 Å². The Bertz CT molecular complexity index is 1130. The van der Waals surface area contributed by atoms with E-state index in [2.05, 4.69) is 5.32 Å². The Morgan fingerprint density at radius 1 is 1.03 bits per heavy atom. The van der Waals surface area contributed by atoms with Gasteiger partial charge >= 0.3 is 0 Å². The number of amides is 2. The van der Waals surface area contributed by atoms with Crippen molar-refractivity contribution < 1.29 is 22.7 Å². The van der Waals surface area contributed by atoms with Crippen LogP contribution in [0.1, 0.15) is 56.2 Å². The van der Waals surface area contributed by atoms with E-state index in [4.69, 9.17) is 4.74 Å². The van der Waals surface area contributed by atoms with Crippen LogP contribution in [0.15, 0.2) is 42.5 Å². The summed E-state index contributed by atoms with van der Waals surface area (Å²) in [5.74, 6) is 0.337. The standard InChI is InChI=1S/C28H41N3O5S/c1-7-15-29-28(33)26(8-2)30(20-23-11-13-25(36-5)14-12-23)27(32)10-9-16-31(37(6,34)35)24-18-21(3)17-22(4)19-24/h11-14,17-19,26H,7-10,15-16,20H2,1-6H3,(H,29,33). The van der Waals surface area contributed by atoms with Crippen molar-refractivity contribution in [1.82, 2.24) is 10.2 Å². The molecule has 2 aromatic rings. The summed E-state index contributed by atoms with van der Waals surface area (Å²) in [5.41, 5.74) is 3.40. The van der Waals surface area contributed by atoms with Gasteiger partial charge in [0.25, 0.3) is 0 Å². The van der Waals surface area contributed by atoms with Crippen molar-refractivity contribution in [2.24, 2.45) is 0 Å². The second kappa shape index (κ2) is 14.0. The maximum Gasteiger partial charge on any atom is 0.242 e. The third-order valence-corrected chi connectivity index (χ3v) is 7.29. The third-order valence-electron chi connectivity index (χ3n) is 6.09. The van der Waals surface area contributed by atoms with Crippen LogP contribution < -0.4 is 14.4 Å². The molecule has 0 radical (unpaired) electrons. The highest BCUT2D eigenvalue weighted by atomic mass is 32.2. The molecule has 0 aliphatic carbocycles. The maximum absolute atomic E-state index is 13.5. The predicted molar refractivity (Wildman–Crippen MR) is 148 cm³/mol. The van der Waals surface area contributed by atoms with Crippen LogP contribution >= 0.6 is 0 Å². The molecule has 1 unspecified atom stereocenters. The maximum atomic E-state index is 13.5. The van der Waals surface area contributed by atoms with Crippen LogP contribution in [0.5, 0.6) is 5.75 Å². The van der Waals surface area contributed by atoms with E-state index in [1.165, 1.54) is 10.6 Å². The molecule has 0 spiro atoms. The molecule has 204 valence electrons. The lowest BCUT2D eigenvalue weighted by Gasteiger charge is -2.31. The van der Waals surface area contributed by atoms with Gasteiger partial charge in [-0.15, -0.1) is 0 Å². The van der Waals surface area contributed by atoms with Gasteiger partial charge in [-0.2, -0.15) is 0 Å². The Hall–Kier alpha value is -3.07. The van der Waals surface area contributed by atoms with Crippen molar-refractivity contribution >= 4 is 27.5 Å². The minimum Gasteiger partial charge on any atom is -0.497 e. The molecule has 0 aliphatic heterocycles. The number of carbonyl (C=O) groups excluding carboxylic acids is 2. The summed E-state index contributed by atoms with van der Waals surface area (Å²) in [4.78, 5) is 28.0. The number of hydrogen-bond acceptors (Lipinski definition) is 5. The third kappa shape index (κ3) is 9.07. The molecule has 1 atom stereocenters. The van der Waals surface area contributed by atoms with E-state index in [0.29, 0.717) is 30.8 Å². The highest BCUT2D eigenvalue weighted by Crippen LogP contribution is 2.23. The lowest BCUT2D eigenvalue weighted by molar-refractivity contribution is -0.141. The van der Waals surface area contributed by atoms with Crippen molar-refractivity contribution in [3.8, 4) is 5.75 Å². The number of sulfonamides is 1. The smallest absolute Gasteiger partial charge is 0.242 e. The minimum atomic E-state index is -3.54. The normalized spacial score (nSPS) is 12.1. The number of ether oxygens (including phenoxy) is 1. The fraction of sp³-hybridized carbons (Fsp3) is 0.500. The summed E-state index contributed by atoms with van der Waals surface area (Å²) in [6.07, 6.45) is 2.88. The summed E-state index contributed by atoms with van der Waals surface area (Å²) in [5, 5.41) is 2.91. The van der Waals surface area contributed by atoms with Gasteiger partial charge in [-0.1, -0.05) is 32.0 Å². The average molecular weight is 532 g/mol. The van der Waals surface area contributed by atoms with Crippen LogP contribution in [0, 0.1) is 13.8 Å². The fourth-order valence-electron chi connectivity index (χ4n) is 4.31. The Morgan fingerprint density at radius 3 is 2.16 bits per heavy atom. The average Bonchev–Trinajstić information content (AvgIpc) is 2.84. The number of rotatable bonds is 14. The Labute approximate surface area is 222 Å². The first kappa shape index (κ1) is 30.2. The topological polar surface area (TPSA) is 96.0 Å². The zero-order chi connectivity index (χ0) is 27.6. The number of anilines is 1. The van der Waals surface area contributed by atoms with Crippen LogP contribution in [0.4, 0.5) is 5.69 Å². The number of nitrogens with one attached hydrogen (secondary N) is 1. The molecule has 0 aromatic heterocycles.